The third kappa shape index (κ3) is 4.42. The van der Waals surface area contributed by atoms with Gasteiger partial charge in [-0.15, -0.1) is 0 Å². The highest BCUT2D eigenvalue weighted by Gasteiger charge is 2.15. The van der Waals surface area contributed by atoms with Gasteiger partial charge in [-0.2, -0.15) is 0 Å². The number of thiazole rings is 1. The minimum absolute atomic E-state index is 0.0742. The van der Waals surface area contributed by atoms with Crippen LogP contribution >= 0.6 is 58.4 Å². The van der Waals surface area contributed by atoms with Crippen molar-refractivity contribution in [1.29, 1.82) is 0 Å². The Morgan fingerprint density at radius 2 is 1.75 bits per heavy atom. The Balaban J connectivity index is 1.73. The molecule has 1 aromatic heterocycles. The second-order valence-electron chi connectivity index (χ2n) is 5.35. The summed E-state index contributed by atoms with van der Waals surface area (Å²) in [5, 5.41) is 6.89. The van der Waals surface area contributed by atoms with E-state index in [1.807, 2.05) is 0 Å². The molecule has 0 saturated heterocycles. The zero-order chi connectivity index (χ0) is 20.4. The van der Waals surface area contributed by atoms with E-state index < -0.39 is 5.91 Å². The van der Waals surface area contributed by atoms with Crippen LogP contribution in [0.2, 0.25) is 15.1 Å². The third-order valence-corrected chi connectivity index (χ3v) is 5.57. The maximum atomic E-state index is 12.4. The van der Waals surface area contributed by atoms with Gasteiger partial charge < -0.3 is 14.8 Å². The number of nitrogens with zero attached hydrogens (tertiary/aromatic N) is 1. The predicted molar refractivity (Wildman–Crippen MR) is 118 cm³/mol. The molecule has 3 aromatic rings. The quantitative estimate of drug-likeness (QED) is 0.491. The highest BCUT2D eigenvalue weighted by atomic mass is 35.5. The van der Waals surface area contributed by atoms with Gasteiger partial charge >= 0.3 is 0 Å². The molecule has 28 heavy (non-hydrogen) atoms. The smallest absolute Gasteiger partial charge is 0.257 e. The van der Waals surface area contributed by atoms with Crippen LogP contribution in [0.25, 0.3) is 10.2 Å². The van der Waals surface area contributed by atoms with E-state index in [0.29, 0.717) is 27.2 Å². The molecule has 0 saturated carbocycles. The number of aromatic nitrogens is 1. The van der Waals surface area contributed by atoms with Crippen LogP contribution in [-0.4, -0.2) is 30.2 Å². The Kier molecular flexibility index (Phi) is 6.47. The number of halogens is 3. The molecule has 0 spiro atoms. The molecular formula is C17H12Cl3N3O3S2. The number of amides is 1. The normalized spacial score (nSPS) is 10.6. The average Bonchev–Trinajstić information content (AvgIpc) is 3.01. The molecule has 1 amide bonds. The monoisotopic (exact) mass is 475 g/mol. The lowest BCUT2D eigenvalue weighted by atomic mass is 10.2. The number of ether oxygens (including phenoxy) is 2. The van der Waals surface area contributed by atoms with Crippen molar-refractivity contribution in [2.45, 2.75) is 0 Å². The van der Waals surface area contributed by atoms with Gasteiger partial charge in [-0.3, -0.25) is 10.1 Å². The molecule has 0 aliphatic rings. The molecule has 0 bridgehead atoms. The fraction of sp³-hybridized carbons (Fsp3) is 0.118. The standard InChI is InChI=1S/C17H12Cl3N3O3S2/c1-25-12-6-13-11(5-8(12)18)21-17(28-13)23-16(27)22-15(24)7-3-9(19)14(26-2)10(20)4-7/h3-6H,1-2H3,(H2,21,22,23,24,27). The van der Waals surface area contributed by atoms with Gasteiger partial charge in [0.2, 0.25) is 0 Å². The largest absolute Gasteiger partial charge is 0.495 e. The van der Waals surface area contributed by atoms with E-state index in [0.717, 1.165) is 4.70 Å². The fourth-order valence-corrected chi connectivity index (χ4v) is 4.34. The molecule has 6 nitrogen and oxygen atoms in total. The fourth-order valence-electron chi connectivity index (χ4n) is 2.33. The van der Waals surface area contributed by atoms with Gasteiger partial charge in [-0.05, 0) is 30.4 Å². The molecule has 2 N–H and O–H groups in total. The molecular weight excluding hydrogens is 465 g/mol. The van der Waals surface area contributed by atoms with Crippen LogP contribution in [0.3, 0.4) is 0 Å². The number of thiocarbonyl (C=S) groups is 1. The topological polar surface area (TPSA) is 72.5 Å². The van der Waals surface area contributed by atoms with E-state index >= 15 is 0 Å². The van der Waals surface area contributed by atoms with Crippen LogP contribution < -0.4 is 20.1 Å². The highest BCUT2D eigenvalue weighted by molar-refractivity contribution is 7.80. The first-order chi connectivity index (χ1) is 13.3. The van der Waals surface area contributed by atoms with Gasteiger partial charge in [0.1, 0.15) is 5.75 Å². The maximum Gasteiger partial charge on any atom is 0.257 e. The predicted octanol–water partition coefficient (Wildman–Crippen LogP) is 5.40. The maximum absolute atomic E-state index is 12.4. The van der Waals surface area contributed by atoms with Crippen LogP contribution in [0.15, 0.2) is 24.3 Å². The zero-order valence-electron chi connectivity index (χ0n) is 14.4. The van der Waals surface area contributed by atoms with Gasteiger partial charge in [0.25, 0.3) is 5.91 Å². The SMILES string of the molecule is COc1cc2sc(NC(=S)NC(=O)c3cc(Cl)c(OC)c(Cl)c3)nc2cc1Cl. The molecule has 2 aromatic carbocycles. The molecule has 0 aliphatic heterocycles. The van der Waals surface area contributed by atoms with E-state index in [4.69, 9.17) is 56.5 Å². The van der Waals surface area contributed by atoms with E-state index in [1.165, 1.54) is 37.7 Å². The van der Waals surface area contributed by atoms with Crippen molar-refractivity contribution in [3.8, 4) is 11.5 Å². The molecule has 1 heterocycles. The molecule has 3 rings (SSSR count). The molecule has 0 fully saturated rings. The average molecular weight is 477 g/mol. The number of benzene rings is 2. The lowest BCUT2D eigenvalue weighted by Gasteiger charge is -2.10. The van der Waals surface area contributed by atoms with E-state index in [9.17, 15) is 4.79 Å². The van der Waals surface area contributed by atoms with Crippen LogP contribution in [-0.2, 0) is 0 Å². The van der Waals surface area contributed by atoms with Crippen LogP contribution in [0.1, 0.15) is 10.4 Å². The van der Waals surface area contributed by atoms with Crippen LogP contribution in [0, 0.1) is 0 Å². The summed E-state index contributed by atoms with van der Waals surface area (Å²) in [7, 11) is 2.97. The lowest BCUT2D eigenvalue weighted by molar-refractivity contribution is 0.0977. The Morgan fingerprint density at radius 1 is 1.07 bits per heavy atom. The lowest BCUT2D eigenvalue weighted by Crippen LogP contribution is -2.34. The summed E-state index contributed by atoms with van der Waals surface area (Å²) in [6.45, 7) is 0. The van der Waals surface area contributed by atoms with E-state index in [-0.39, 0.29) is 20.7 Å². The molecule has 11 heteroatoms. The molecule has 0 radical (unpaired) electrons. The zero-order valence-corrected chi connectivity index (χ0v) is 18.3. The Bertz CT molecular complexity index is 1070. The van der Waals surface area contributed by atoms with Gasteiger partial charge in [-0.1, -0.05) is 46.1 Å². The van der Waals surface area contributed by atoms with Crippen molar-refractivity contribution in [3.63, 3.8) is 0 Å². The van der Waals surface area contributed by atoms with Crippen molar-refractivity contribution in [2.75, 3.05) is 19.5 Å². The van der Waals surface area contributed by atoms with Gasteiger partial charge in [0.15, 0.2) is 16.0 Å². The number of fused-ring (bicyclic) bond motifs is 1. The molecule has 0 atom stereocenters. The van der Waals surface area contributed by atoms with E-state index in [2.05, 4.69) is 15.6 Å². The first-order valence-corrected chi connectivity index (χ1v) is 9.97. The number of carbonyl (C=O) groups excluding carboxylic acids is 1. The number of hydrogen-bond donors (Lipinski definition) is 2. The Labute approximate surface area is 184 Å². The summed E-state index contributed by atoms with van der Waals surface area (Å²) in [5.74, 6) is 0.368. The summed E-state index contributed by atoms with van der Waals surface area (Å²) in [6.07, 6.45) is 0. The Morgan fingerprint density at radius 3 is 2.36 bits per heavy atom. The van der Waals surface area contributed by atoms with Crippen molar-refractivity contribution < 1.29 is 14.3 Å². The van der Waals surface area contributed by atoms with Crippen molar-refractivity contribution in [2.24, 2.45) is 0 Å². The first-order valence-electron chi connectivity index (χ1n) is 7.61. The number of methoxy groups -OCH3 is 2. The molecule has 0 unspecified atom stereocenters. The Hall–Kier alpha value is -1.84. The van der Waals surface area contributed by atoms with E-state index in [1.54, 1.807) is 12.1 Å². The highest BCUT2D eigenvalue weighted by Crippen LogP contribution is 2.35. The number of hydrogen-bond acceptors (Lipinski definition) is 6. The second-order valence-corrected chi connectivity index (χ2v) is 8.02. The minimum atomic E-state index is -0.477. The summed E-state index contributed by atoms with van der Waals surface area (Å²) in [5.41, 5.74) is 0.918. The first kappa shape index (κ1) is 20.9. The number of nitrogens with one attached hydrogen (secondary N) is 2. The summed E-state index contributed by atoms with van der Waals surface area (Å²) in [6, 6.07) is 6.36. The molecule has 0 aliphatic carbocycles. The number of rotatable bonds is 4. The minimum Gasteiger partial charge on any atom is -0.495 e. The van der Waals surface area contributed by atoms with Crippen molar-refractivity contribution >= 4 is 84.7 Å². The van der Waals surface area contributed by atoms with Gasteiger partial charge in [-0.25, -0.2) is 4.98 Å². The van der Waals surface area contributed by atoms with Gasteiger partial charge in [0.05, 0.1) is 39.5 Å². The van der Waals surface area contributed by atoms with Crippen molar-refractivity contribution in [1.82, 2.24) is 10.3 Å². The summed E-state index contributed by atoms with van der Waals surface area (Å²) >= 11 is 24.8. The summed E-state index contributed by atoms with van der Waals surface area (Å²) < 4.78 is 11.1. The van der Waals surface area contributed by atoms with Crippen LogP contribution in [0.4, 0.5) is 5.13 Å². The third-order valence-electron chi connectivity index (χ3n) is 3.57. The second kappa shape index (κ2) is 8.67. The number of anilines is 1. The summed E-state index contributed by atoms with van der Waals surface area (Å²) in [4.78, 5) is 16.8. The van der Waals surface area contributed by atoms with Gasteiger partial charge in [0, 0.05) is 11.6 Å². The number of carbonyl (C=O) groups is 1. The van der Waals surface area contributed by atoms with Crippen LogP contribution in [0.5, 0.6) is 11.5 Å². The van der Waals surface area contributed by atoms with Crippen molar-refractivity contribution in [3.05, 3.63) is 44.9 Å². The molecule has 146 valence electrons.